The van der Waals surface area contributed by atoms with Crippen LogP contribution in [0.5, 0.6) is 0 Å². The maximum Gasteiger partial charge on any atom is 0.451 e. The maximum absolute atomic E-state index is 12.0. The highest BCUT2D eigenvalue weighted by molar-refractivity contribution is 5.09. The minimum Gasteiger partial charge on any atom is -0.233 e. The van der Waals surface area contributed by atoms with E-state index in [2.05, 4.69) is 9.97 Å². The third-order valence-electron chi connectivity index (χ3n) is 1.71. The first-order valence-electron chi connectivity index (χ1n) is 4.45. The van der Waals surface area contributed by atoms with Crippen LogP contribution < -0.4 is 0 Å². The smallest absolute Gasteiger partial charge is 0.233 e. The van der Waals surface area contributed by atoms with Crippen molar-refractivity contribution in [1.29, 1.82) is 0 Å². The summed E-state index contributed by atoms with van der Waals surface area (Å²) in [4.78, 5) is 6.06. The Morgan fingerprint density at radius 1 is 1.00 bits per heavy atom. The SMILES string of the molecule is FC(F)(F)C[CH]Cc1cnc(C(F)(F)F)nc1. The zero-order chi connectivity index (χ0) is 13.1. The number of hydrogen-bond acceptors (Lipinski definition) is 2. The molecular formula is C9H7F6N2. The average molecular weight is 257 g/mol. The van der Waals surface area contributed by atoms with Gasteiger partial charge in [-0.3, -0.25) is 0 Å². The summed E-state index contributed by atoms with van der Waals surface area (Å²) >= 11 is 0. The van der Waals surface area contributed by atoms with Crippen molar-refractivity contribution in [2.75, 3.05) is 0 Å². The monoisotopic (exact) mass is 257 g/mol. The molecule has 95 valence electrons. The van der Waals surface area contributed by atoms with Crippen LogP contribution in [0.2, 0.25) is 0 Å². The second-order valence-corrected chi connectivity index (χ2v) is 3.22. The molecular weight excluding hydrogens is 250 g/mol. The Morgan fingerprint density at radius 3 is 1.94 bits per heavy atom. The van der Waals surface area contributed by atoms with E-state index < -0.39 is 24.6 Å². The Morgan fingerprint density at radius 2 is 1.53 bits per heavy atom. The molecule has 0 N–H and O–H groups in total. The van der Waals surface area contributed by atoms with Crippen molar-refractivity contribution in [2.24, 2.45) is 0 Å². The minimum absolute atomic E-state index is 0.127. The van der Waals surface area contributed by atoms with Gasteiger partial charge < -0.3 is 0 Å². The van der Waals surface area contributed by atoms with E-state index in [1.165, 1.54) is 0 Å². The summed E-state index contributed by atoms with van der Waals surface area (Å²) in [7, 11) is 0. The van der Waals surface area contributed by atoms with Crippen molar-refractivity contribution >= 4 is 0 Å². The molecule has 1 rings (SSSR count). The van der Waals surface area contributed by atoms with Gasteiger partial charge in [0.25, 0.3) is 0 Å². The summed E-state index contributed by atoms with van der Waals surface area (Å²) in [6, 6.07) is 0. The van der Waals surface area contributed by atoms with Gasteiger partial charge in [0.1, 0.15) is 0 Å². The van der Waals surface area contributed by atoms with Gasteiger partial charge in [-0.15, -0.1) is 0 Å². The van der Waals surface area contributed by atoms with Gasteiger partial charge in [-0.25, -0.2) is 9.97 Å². The first-order chi connectivity index (χ1) is 7.68. The number of halogens is 6. The van der Waals surface area contributed by atoms with E-state index in [1.807, 2.05) is 0 Å². The Balaban J connectivity index is 2.52. The fourth-order valence-corrected chi connectivity index (χ4v) is 1.01. The number of nitrogens with zero attached hydrogens (tertiary/aromatic N) is 2. The Kier molecular flexibility index (Phi) is 3.94. The van der Waals surface area contributed by atoms with E-state index >= 15 is 0 Å². The highest BCUT2D eigenvalue weighted by atomic mass is 19.4. The van der Waals surface area contributed by atoms with Crippen molar-refractivity contribution in [3.63, 3.8) is 0 Å². The molecule has 0 saturated carbocycles. The first kappa shape index (κ1) is 13.7. The average Bonchev–Trinajstić information content (AvgIpc) is 2.15. The van der Waals surface area contributed by atoms with Crippen LogP contribution in [0.4, 0.5) is 26.3 Å². The molecule has 0 aromatic carbocycles. The van der Waals surface area contributed by atoms with E-state index in [1.54, 1.807) is 0 Å². The molecule has 0 aliphatic heterocycles. The van der Waals surface area contributed by atoms with Crippen molar-refractivity contribution in [1.82, 2.24) is 9.97 Å². The molecule has 17 heavy (non-hydrogen) atoms. The molecule has 0 aliphatic rings. The summed E-state index contributed by atoms with van der Waals surface area (Å²) < 4.78 is 71.4. The largest absolute Gasteiger partial charge is 0.451 e. The van der Waals surface area contributed by atoms with Crippen LogP contribution in [0.3, 0.4) is 0 Å². The van der Waals surface area contributed by atoms with Gasteiger partial charge in [-0.2, -0.15) is 26.3 Å². The number of aromatic nitrogens is 2. The van der Waals surface area contributed by atoms with Crippen LogP contribution in [-0.4, -0.2) is 16.1 Å². The van der Waals surface area contributed by atoms with Crippen molar-refractivity contribution in [2.45, 2.75) is 25.2 Å². The topological polar surface area (TPSA) is 25.8 Å². The lowest BCUT2D eigenvalue weighted by Crippen LogP contribution is -2.11. The van der Waals surface area contributed by atoms with Crippen LogP contribution in [-0.2, 0) is 12.6 Å². The predicted octanol–water partition coefficient (Wildman–Crippen LogP) is 3.19. The van der Waals surface area contributed by atoms with Gasteiger partial charge in [0.15, 0.2) is 0 Å². The third-order valence-corrected chi connectivity index (χ3v) is 1.71. The summed E-state index contributed by atoms with van der Waals surface area (Å²) in [6.07, 6.45) is -7.55. The molecule has 0 atom stereocenters. The zero-order valence-corrected chi connectivity index (χ0v) is 8.31. The van der Waals surface area contributed by atoms with Gasteiger partial charge in [0.2, 0.25) is 5.82 Å². The lowest BCUT2D eigenvalue weighted by molar-refractivity contribution is -0.145. The summed E-state index contributed by atoms with van der Waals surface area (Å²) in [5, 5.41) is 0. The number of rotatable bonds is 3. The molecule has 0 saturated heterocycles. The van der Waals surface area contributed by atoms with Gasteiger partial charge in [-0.05, 0) is 18.4 Å². The van der Waals surface area contributed by atoms with Gasteiger partial charge in [0, 0.05) is 18.8 Å². The summed E-state index contributed by atoms with van der Waals surface area (Å²) in [6.45, 7) is 0. The van der Waals surface area contributed by atoms with Crippen LogP contribution in [0.1, 0.15) is 17.8 Å². The van der Waals surface area contributed by atoms with Crippen molar-refractivity contribution in [3.8, 4) is 0 Å². The highest BCUT2D eigenvalue weighted by Gasteiger charge is 2.34. The number of hydrogen-bond donors (Lipinski definition) is 0. The standard InChI is InChI=1S/C9H7F6N2/c10-8(11,12)3-1-2-6-4-16-7(17-5-6)9(13,14)15/h1,4-5H,2-3H2. The second-order valence-electron chi connectivity index (χ2n) is 3.22. The molecule has 2 nitrogen and oxygen atoms in total. The van der Waals surface area contributed by atoms with Crippen molar-refractivity contribution < 1.29 is 26.3 Å². The van der Waals surface area contributed by atoms with E-state index in [0.29, 0.717) is 0 Å². The fraction of sp³-hybridized carbons (Fsp3) is 0.444. The molecule has 1 aromatic heterocycles. The van der Waals surface area contributed by atoms with Crippen molar-refractivity contribution in [3.05, 3.63) is 30.2 Å². The van der Waals surface area contributed by atoms with E-state index in [0.717, 1.165) is 18.8 Å². The zero-order valence-electron chi connectivity index (χ0n) is 8.31. The quantitative estimate of drug-likeness (QED) is 0.777. The minimum atomic E-state index is -4.64. The van der Waals surface area contributed by atoms with Crippen LogP contribution >= 0.6 is 0 Å². The molecule has 0 amide bonds. The Labute approximate surface area is 92.7 Å². The summed E-state index contributed by atoms with van der Waals surface area (Å²) in [5.74, 6) is -1.31. The van der Waals surface area contributed by atoms with Crippen LogP contribution in [0.25, 0.3) is 0 Å². The lowest BCUT2D eigenvalue weighted by atomic mass is 10.1. The molecule has 0 aliphatic carbocycles. The molecule has 1 heterocycles. The van der Waals surface area contributed by atoms with Gasteiger partial charge in [-0.1, -0.05) is 0 Å². The molecule has 0 bridgehead atoms. The van der Waals surface area contributed by atoms with E-state index in [4.69, 9.17) is 0 Å². The molecule has 0 fully saturated rings. The highest BCUT2D eigenvalue weighted by Crippen LogP contribution is 2.26. The first-order valence-corrected chi connectivity index (χ1v) is 4.45. The van der Waals surface area contributed by atoms with Gasteiger partial charge >= 0.3 is 12.4 Å². The van der Waals surface area contributed by atoms with Gasteiger partial charge in [0.05, 0.1) is 0 Å². The van der Waals surface area contributed by atoms with Crippen LogP contribution in [0, 0.1) is 6.42 Å². The number of alkyl halides is 6. The molecule has 0 unspecified atom stereocenters. The Hall–Kier alpha value is -1.34. The third kappa shape index (κ3) is 5.01. The second kappa shape index (κ2) is 4.89. The summed E-state index contributed by atoms with van der Waals surface area (Å²) in [5.41, 5.74) is 0.197. The molecule has 1 radical (unpaired) electrons. The normalized spacial score (nSPS) is 12.8. The van der Waals surface area contributed by atoms with Crippen LogP contribution in [0.15, 0.2) is 12.4 Å². The molecule has 0 spiro atoms. The maximum atomic E-state index is 12.0. The fourth-order valence-electron chi connectivity index (χ4n) is 1.01. The molecule has 1 aromatic rings. The molecule has 8 heteroatoms. The van der Waals surface area contributed by atoms with E-state index in [-0.39, 0.29) is 12.0 Å². The Bertz CT molecular complexity index is 353. The lowest BCUT2D eigenvalue weighted by Gasteiger charge is -2.06. The predicted molar refractivity (Wildman–Crippen MR) is 45.7 cm³/mol. The van der Waals surface area contributed by atoms with E-state index in [9.17, 15) is 26.3 Å².